The Kier molecular flexibility index (Phi) is 3.62. The van der Waals surface area contributed by atoms with Crippen LogP contribution in [0.2, 0.25) is 5.02 Å². The summed E-state index contributed by atoms with van der Waals surface area (Å²) in [4.78, 5) is 11.3. The lowest BCUT2D eigenvalue weighted by molar-refractivity contribution is -0.118. The summed E-state index contributed by atoms with van der Waals surface area (Å²) in [6.45, 7) is 1.89. The van der Waals surface area contributed by atoms with Crippen LogP contribution in [0.1, 0.15) is 5.69 Å². The Balaban J connectivity index is 2.39. The molecule has 0 saturated carbocycles. The van der Waals surface area contributed by atoms with Gasteiger partial charge >= 0.3 is 0 Å². The van der Waals surface area contributed by atoms with Crippen molar-refractivity contribution in [2.75, 3.05) is 0 Å². The van der Waals surface area contributed by atoms with Crippen LogP contribution in [0, 0.1) is 12.7 Å². The van der Waals surface area contributed by atoms with Gasteiger partial charge in [0.05, 0.1) is 0 Å². The van der Waals surface area contributed by atoms with Gasteiger partial charge < -0.3 is 10.3 Å². The number of amides is 1. The van der Waals surface area contributed by atoms with Crippen molar-refractivity contribution in [3.63, 3.8) is 0 Å². The van der Waals surface area contributed by atoms with Crippen molar-refractivity contribution in [1.29, 1.82) is 0 Å². The van der Waals surface area contributed by atoms with Crippen molar-refractivity contribution < 1.29 is 9.18 Å². The van der Waals surface area contributed by atoms with Crippen LogP contribution in [-0.2, 0) is 11.3 Å². The molecule has 5 heteroatoms. The lowest BCUT2D eigenvalue weighted by atomic mass is 10.0. The maximum Gasteiger partial charge on any atom is 0.237 e. The van der Waals surface area contributed by atoms with Crippen LogP contribution in [-0.4, -0.2) is 10.5 Å². The molecule has 22 heavy (non-hydrogen) atoms. The second kappa shape index (κ2) is 5.46. The molecule has 0 fully saturated rings. The van der Waals surface area contributed by atoms with Crippen LogP contribution in [0.5, 0.6) is 0 Å². The third-order valence-corrected chi connectivity index (χ3v) is 3.98. The van der Waals surface area contributed by atoms with Gasteiger partial charge in [-0.15, -0.1) is 0 Å². The Bertz CT molecular complexity index is 886. The van der Waals surface area contributed by atoms with Gasteiger partial charge in [-0.2, -0.15) is 0 Å². The second-order valence-corrected chi connectivity index (χ2v) is 5.59. The first-order chi connectivity index (χ1) is 10.5. The molecule has 0 bridgehead atoms. The summed E-state index contributed by atoms with van der Waals surface area (Å²) in [5.41, 5.74) is 8.13. The number of halogens is 2. The van der Waals surface area contributed by atoms with E-state index in [4.69, 9.17) is 17.3 Å². The number of primary amides is 1. The average molecular weight is 317 g/mol. The van der Waals surface area contributed by atoms with E-state index in [0.29, 0.717) is 10.6 Å². The van der Waals surface area contributed by atoms with E-state index in [1.54, 1.807) is 34.9 Å². The summed E-state index contributed by atoms with van der Waals surface area (Å²) in [5.74, 6) is -0.765. The first-order valence-corrected chi connectivity index (χ1v) is 7.18. The van der Waals surface area contributed by atoms with Crippen LogP contribution < -0.4 is 5.73 Å². The standard InChI is InChI=1S/C17H14ClFN2O/c1-10-17(12-4-2-3-5-14(12)19)13-8-11(18)6-7-15(13)21(10)9-16(20)22/h2-8H,9H2,1H3,(H2,20,22). The Morgan fingerprint density at radius 3 is 2.68 bits per heavy atom. The number of aromatic nitrogens is 1. The maximum atomic E-state index is 14.2. The highest BCUT2D eigenvalue weighted by molar-refractivity contribution is 6.31. The van der Waals surface area contributed by atoms with E-state index < -0.39 is 5.91 Å². The van der Waals surface area contributed by atoms with Crippen molar-refractivity contribution in [2.24, 2.45) is 5.73 Å². The summed E-state index contributed by atoms with van der Waals surface area (Å²) >= 11 is 6.09. The lowest BCUT2D eigenvalue weighted by Crippen LogP contribution is -2.19. The first kappa shape index (κ1) is 14.6. The summed E-state index contributed by atoms with van der Waals surface area (Å²) in [6.07, 6.45) is 0. The monoisotopic (exact) mass is 316 g/mol. The van der Waals surface area contributed by atoms with Crippen molar-refractivity contribution >= 4 is 28.4 Å². The van der Waals surface area contributed by atoms with E-state index in [1.807, 2.05) is 13.0 Å². The van der Waals surface area contributed by atoms with E-state index in [9.17, 15) is 9.18 Å². The fraction of sp³-hybridized carbons (Fsp3) is 0.118. The van der Waals surface area contributed by atoms with Gasteiger partial charge in [0.15, 0.2) is 0 Å². The van der Waals surface area contributed by atoms with Crippen LogP contribution in [0.15, 0.2) is 42.5 Å². The van der Waals surface area contributed by atoms with Gasteiger partial charge in [0, 0.05) is 32.7 Å². The molecule has 0 spiro atoms. The van der Waals surface area contributed by atoms with Crippen molar-refractivity contribution in [1.82, 2.24) is 4.57 Å². The Morgan fingerprint density at radius 2 is 2.00 bits per heavy atom. The number of fused-ring (bicyclic) bond motifs is 1. The molecule has 1 aromatic heterocycles. The van der Waals surface area contributed by atoms with Crippen molar-refractivity contribution in [3.05, 3.63) is 59.0 Å². The molecule has 3 aromatic rings. The van der Waals surface area contributed by atoms with Gasteiger partial charge in [0.25, 0.3) is 0 Å². The maximum absolute atomic E-state index is 14.2. The Morgan fingerprint density at radius 1 is 1.27 bits per heavy atom. The number of carbonyl (C=O) groups excluding carboxylic acids is 1. The molecular formula is C17H14ClFN2O. The molecule has 1 amide bonds. The molecule has 2 aromatic carbocycles. The van der Waals surface area contributed by atoms with Gasteiger partial charge in [-0.05, 0) is 31.2 Å². The smallest absolute Gasteiger partial charge is 0.237 e. The average Bonchev–Trinajstić information content (AvgIpc) is 2.71. The number of hydrogen-bond acceptors (Lipinski definition) is 1. The zero-order valence-corrected chi connectivity index (χ0v) is 12.7. The van der Waals surface area contributed by atoms with Crippen LogP contribution >= 0.6 is 11.6 Å². The quantitative estimate of drug-likeness (QED) is 0.783. The topological polar surface area (TPSA) is 48.0 Å². The Labute approximate surface area is 132 Å². The van der Waals surface area contributed by atoms with Gasteiger partial charge in [-0.25, -0.2) is 4.39 Å². The minimum Gasteiger partial charge on any atom is -0.368 e. The minimum absolute atomic E-state index is 0.0401. The minimum atomic E-state index is -0.449. The fourth-order valence-corrected chi connectivity index (χ4v) is 2.99. The van der Waals surface area contributed by atoms with E-state index in [2.05, 4.69) is 0 Å². The van der Waals surface area contributed by atoms with E-state index in [-0.39, 0.29) is 12.4 Å². The van der Waals surface area contributed by atoms with Gasteiger partial charge in [0.2, 0.25) is 5.91 Å². The molecular weight excluding hydrogens is 303 g/mol. The summed E-state index contributed by atoms with van der Waals surface area (Å²) in [5, 5.41) is 1.36. The molecule has 2 N–H and O–H groups in total. The third-order valence-electron chi connectivity index (χ3n) is 3.74. The summed E-state index contributed by atoms with van der Waals surface area (Å²) in [7, 11) is 0. The zero-order valence-electron chi connectivity index (χ0n) is 11.9. The molecule has 3 nitrogen and oxygen atoms in total. The number of nitrogens with two attached hydrogens (primary N) is 1. The van der Waals surface area contributed by atoms with E-state index in [1.165, 1.54) is 6.07 Å². The number of benzene rings is 2. The molecule has 3 rings (SSSR count). The van der Waals surface area contributed by atoms with Crippen LogP contribution in [0.25, 0.3) is 22.0 Å². The zero-order chi connectivity index (χ0) is 15.9. The molecule has 0 aliphatic heterocycles. The molecule has 112 valence electrons. The fourth-order valence-electron chi connectivity index (χ4n) is 2.82. The molecule has 0 unspecified atom stereocenters. The molecule has 0 atom stereocenters. The largest absolute Gasteiger partial charge is 0.368 e. The predicted octanol–water partition coefficient (Wildman–Crippen LogP) is 3.89. The number of rotatable bonds is 3. The number of nitrogens with zero attached hydrogens (tertiary/aromatic N) is 1. The van der Waals surface area contributed by atoms with Crippen molar-refractivity contribution in [2.45, 2.75) is 13.5 Å². The molecule has 0 saturated heterocycles. The molecule has 1 heterocycles. The first-order valence-electron chi connectivity index (χ1n) is 6.80. The number of hydrogen-bond donors (Lipinski definition) is 1. The Hall–Kier alpha value is -2.33. The van der Waals surface area contributed by atoms with Gasteiger partial charge in [-0.1, -0.05) is 29.8 Å². The third kappa shape index (κ3) is 2.35. The molecule has 0 aliphatic carbocycles. The SMILES string of the molecule is Cc1c(-c2ccccc2F)c2cc(Cl)ccc2n1CC(N)=O. The van der Waals surface area contributed by atoms with E-state index >= 15 is 0 Å². The van der Waals surface area contributed by atoms with Gasteiger partial charge in [-0.3, -0.25) is 4.79 Å². The van der Waals surface area contributed by atoms with E-state index in [0.717, 1.165) is 22.2 Å². The highest BCUT2D eigenvalue weighted by Crippen LogP contribution is 2.37. The van der Waals surface area contributed by atoms with Crippen LogP contribution in [0.4, 0.5) is 4.39 Å². The predicted molar refractivity (Wildman–Crippen MR) is 86.3 cm³/mol. The van der Waals surface area contributed by atoms with Crippen molar-refractivity contribution in [3.8, 4) is 11.1 Å². The number of carbonyl (C=O) groups is 1. The summed E-state index contributed by atoms with van der Waals surface area (Å²) < 4.78 is 16.0. The highest BCUT2D eigenvalue weighted by atomic mass is 35.5. The van der Waals surface area contributed by atoms with Crippen LogP contribution in [0.3, 0.4) is 0 Å². The molecule has 0 radical (unpaired) electrons. The highest BCUT2D eigenvalue weighted by Gasteiger charge is 2.19. The summed E-state index contributed by atoms with van der Waals surface area (Å²) in [6, 6.07) is 11.9. The molecule has 0 aliphatic rings. The van der Waals surface area contributed by atoms with Gasteiger partial charge in [0.1, 0.15) is 12.4 Å². The second-order valence-electron chi connectivity index (χ2n) is 5.15. The lowest BCUT2D eigenvalue weighted by Gasteiger charge is -2.06. The normalized spacial score (nSPS) is 11.0.